The van der Waals surface area contributed by atoms with E-state index in [2.05, 4.69) is 51.6 Å². The van der Waals surface area contributed by atoms with Crippen molar-refractivity contribution < 1.29 is 0 Å². The van der Waals surface area contributed by atoms with Gasteiger partial charge >= 0.3 is 0 Å². The quantitative estimate of drug-likeness (QED) is 0.696. The number of nitrogens with zero attached hydrogens (tertiary/aromatic N) is 2. The van der Waals surface area contributed by atoms with Crippen LogP contribution < -0.4 is 5.73 Å². The second-order valence-electron chi connectivity index (χ2n) is 5.48. The fourth-order valence-corrected chi connectivity index (χ4v) is 1.77. The molecule has 15 heavy (non-hydrogen) atoms. The maximum atomic E-state index is 6.00. The van der Waals surface area contributed by atoms with E-state index in [-0.39, 0.29) is 5.54 Å². The molecular weight excluding hydrogens is 186 g/mol. The molecule has 3 heteroatoms. The zero-order valence-electron chi connectivity index (χ0n) is 11.4. The van der Waals surface area contributed by atoms with Gasteiger partial charge in [0.05, 0.1) is 0 Å². The Morgan fingerprint density at radius 3 is 2.13 bits per heavy atom. The van der Waals surface area contributed by atoms with Gasteiger partial charge in [0.1, 0.15) is 0 Å². The molecule has 92 valence electrons. The molecule has 0 aromatic carbocycles. The smallest absolute Gasteiger partial charge is 0.0194 e. The summed E-state index contributed by atoms with van der Waals surface area (Å²) < 4.78 is 0. The van der Waals surface area contributed by atoms with Gasteiger partial charge in [-0.2, -0.15) is 0 Å². The summed E-state index contributed by atoms with van der Waals surface area (Å²) in [6.45, 7) is 12.0. The highest BCUT2D eigenvalue weighted by Crippen LogP contribution is 2.08. The zero-order chi connectivity index (χ0) is 12.1. The zero-order valence-corrected chi connectivity index (χ0v) is 11.4. The van der Waals surface area contributed by atoms with Crippen LogP contribution in [0, 0.1) is 0 Å². The summed E-state index contributed by atoms with van der Waals surface area (Å²) in [6, 6.07) is 0.604. The average molecular weight is 215 g/mol. The Hall–Kier alpha value is -0.120. The van der Waals surface area contributed by atoms with Crippen molar-refractivity contribution in [2.24, 2.45) is 5.73 Å². The fourth-order valence-electron chi connectivity index (χ4n) is 1.77. The van der Waals surface area contributed by atoms with Gasteiger partial charge in [-0.05, 0) is 47.8 Å². The molecule has 1 atom stereocenters. The van der Waals surface area contributed by atoms with E-state index >= 15 is 0 Å². The molecule has 0 radical (unpaired) electrons. The van der Waals surface area contributed by atoms with Crippen LogP contribution in [0.1, 0.15) is 34.1 Å². The molecule has 1 unspecified atom stereocenters. The highest BCUT2D eigenvalue weighted by atomic mass is 15.2. The third kappa shape index (κ3) is 7.77. The molecule has 0 saturated carbocycles. The standard InChI is InChI=1S/C12H29N3/c1-7-15(9-8-12(3,4)13)11(2)10-14(5)6/h11H,7-10,13H2,1-6H3. The largest absolute Gasteiger partial charge is 0.326 e. The molecule has 0 rings (SSSR count). The van der Waals surface area contributed by atoms with Gasteiger partial charge in [-0.3, -0.25) is 4.90 Å². The summed E-state index contributed by atoms with van der Waals surface area (Å²) in [5.74, 6) is 0. The summed E-state index contributed by atoms with van der Waals surface area (Å²) >= 11 is 0. The molecule has 0 aliphatic carbocycles. The van der Waals surface area contributed by atoms with E-state index in [1.54, 1.807) is 0 Å². The van der Waals surface area contributed by atoms with Gasteiger partial charge in [0.15, 0.2) is 0 Å². The lowest BCUT2D eigenvalue weighted by atomic mass is 10.0. The minimum Gasteiger partial charge on any atom is -0.326 e. The van der Waals surface area contributed by atoms with Gasteiger partial charge < -0.3 is 10.6 Å². The Bertz CT molecular complexity index is 161. The van der Waals surface area contributed by atoms with Crippen molar-refractivity contribution in [3.05, 3.63) is 0 Å². The van der Waals surface area contributed by atoms with Crippen LogP contribution in [-0.2, 0) is 0 Å². The second kappa shape index (κ2) is 6.46. The summed E-state index contributed by atoms with van der Waals surface area (Å²) in [6.07, 6.45) is 1.05. The first-order valence-corrected chi connectivity index (χ1v) is 5.94. The molecule has 0 fully saturated rings. The van der Waals surface area contributed by atoms with Gasteiger partial charge in [-0.1, -0.05) is 6.92 Å². The number of nitrogens with two attached hydrogens (primary N) is 1. The van der Waals surface area contributed by atoms with E-state index in [0.29, 0.717) is 6.04 Å². The van der Waals surface area contributed by atoms with Crippen molar-refractivity contribution in [3.8, 4) is 0 Å². The molecule has 0 heterocycles. The Kier molecular flexibility index (Phi) is 6.41. The monoisotopic (exact) mass is 215 g/mol. The van der Waals surface area contributed by atoms with Crippen LogP contribution in [0.4, 0.5) is 0 Å². The van der Waals surface area contributed by atoms with Crippen LogP contribution in [0.3, 0.4) is 0 Å². The summed E-state index contributed by atoms with van der Waals surface area (Å²) in [7, 11) is 4.24. The number of hydrogen-bond acceptors (Lipinski definition) is 3. The minimum atomic E-state index is -0.0503. The molecule has 2 N–H and O–H groups in total. The predicted molar refractivity (Wildman–Crippen MR) is 68.1 cm³/mol. The van der Waals surface area contributed by atoms with Gasteiger partial charge in [0, 0.05) is 24.7 Å². The predicted octanol–water partition coefficient (Wildman–Crippen LogP) is 1.39. The average Bonchev–Trinajstić information content (AvgIpc) is 2.01. The number of likely N-dealkylation sites (N-methyl/N-ethyl adjacent to an activating group) is 2. The summed E-state index contributed by atoms with van der Waals surface area (Å²) in [5.41, 5.74) is 5.95. The van der Waals surface area contributed by atoms with E-state index in [4.69, 9.17) is 5.73 Å². The van der Waals surface area contributed by atoms with Gasteiger partial charge in [0.2, 0.25) is 0 Å². The van der Waals surface area contributed by atoms with Crippen molar-refractivity contribution in [2.75, 3.05) is 33.7 Å². The molecular formula is C12H29N3. The maximum Gasteiger partial charge on any atom is 0.0194 e. The molecule has 0 aromatic heterocycles. The molecule has 0 aliphatic heterocycles. The van der Waals surface area contributed by atoms with E-state index < -0.39 is 0 Å². The molecule has 0 bridgehead atoms. The second-order valence-corrected chi connectivity index (χ2v) is 5.48. The van der Waals surface area contributed by atoms with Crippen LogP contribution in [0.2, 0.25) is 0 Å². The Morgan fingerprint density at radius 2 is 1.80 bits per heavy atom. The first-order chi connectivity index (χ1) is 6.76. The van der Waals surface area contributed by atoms with Crippen molar-refractivity contribution in [1.29, 1.82) is 0 Å². The van der Waals surface area contributed by atoms with Crippen LogP contribution in [0.5, 0.6) is 0 Å². The number of rotatable bonds is 7. The lowest BCUT2D eigenvalue weighted by Crippen LogP contribution is -2.44. The third-order valence-electron chi connectivity index (χ3n) is 2.70. The lowest BCUT2D eigenvalue weighted by Gasteiger charge is -2.32. The van der Waals surface area contributed by atoms with E-state index in [0.717, 1.165) is 26.1 Å². The first kappa shape index (κ1) is 14.9. The molecule has 0 saturated heterocycles. The molecule has 0 aliphatic rings. The Balaban J connectivity index is 4.01. The Morgan fingerprint density at radius 1 is 1.27 bits per heavy atom. The molecule has 0 aromatic rings. The molecule has 0 amide bonds. The van der Waals surface area contributed by atoms with Gasteiger partial charge in [0.25, 0.3) is 0 Å². The fraction of sp³-hybridized carbons (Fsp3) is 1.00. The van der Waals surface area contributed by atoms with Crippen LogP contribution in [-0.4, -0.2) is 55.1 Å². The van der Waals surface area contributed by atoms with Crippen molar-refractivity contribution in [1.82, 2.24) is 9.80 Å². The topological polar surface area (TPSA) is 32.5 Å². The third-order valence-corrected chi connectivity index (χ3v) is 2.70. The molecule has 0 spiro atoms. The van der Waals surface area contributed by atoms with E-state index in [9.17, 15) is 0 Å². The highest BCUT2D eigenvalue weighted by molar-refractivity contribution is 4.76. The lowest BCUT2D eigenvalue weighted by molar-refractivity contribution is 0.170. The molecule has 3 nitrogen and oxygen atoms in total. The van der Waals surface area contributed by atoms with Crippen LogP contribution in [0.15, 0.2) is 0 Å². The highest BCUT2D eigenvalue weighted by Gasteiger charge is 2.16. The maximum absolute atomic E-state index is 6.00. The van der Waals surface area contributed by atoms with Gasteiger partial charge in [-0.15, -0.1) is 0 Å². The SMILES string of the molecule is CCN(CCC(C)(C)N)C(C)CN(C)C. The van der Waals surface area contributed by atoms with E-state index in [1.165, 1.54) is 0 Å². The van der Waals surface area contributed by atoms with Crippen LogP contribution in [0.25, 0.3) is 0 Å². The first-order valence-electron chi connectivity index (χ1n) is 5.94. The van der Waals surface area contributed by atoms with Crippen LogP contribution >= 0.6 is 0 Å². The Labute approximate surface area is 95.6 Å². The van der Waals surface area contributed by atoms with Crippen molar-refractivity contribution >= 4 is 0 Å². The summed E-state index contributed by atoms with van der Waals surface area (Å²) in [5, 5.41) is 0. The minimum absolute atomic E-state index is 0.0503. The number of hydrogen-bond donors (Lipinski definition) is 1. The van der Waals surface area contributed by atoms with E-state index in [1.807, 2.05) is 0 Å². The summed E-state index contributed by atoms with van der Waals surface area (Å²) in [4.78, 5) is 4.73. The normalized spacial score (nSPS) is 15.0. The van der Waals surface area contributed by atoms with Crippen molar-refractivity contribution in [3.63, 3.8) is 0 Å². The van der Waals surface area contributed by atoms with Gasteiger partial charge in [-0.25, -0.2) is 0 Å². The van der Waals surface area contributed by atoms with Crippen molar-refractivity contribution in [2.45, 2.75) is 45.7 Å².